The molecule has 2 rings (SSSR count). The number of hydrogen-bond acceptors (Lipinski definition) is 5. The van der Waals surface area contributed by atoms with Crippen molar-refractivity contribution in [3.05, 3.63) is 41.1 Å². The Balaban J connectivity index is 2.01. The van der Waals surface area contributed by atoms with Gasteiger partial charge >= 0.3 is 12.0 Å². The number of esters is 1. The number of para-hydroxylation sites is 1. The van der Waals surface area contributed by atoms with E-state index in [-0.39, 0.29) is 38.2 Å². The van der Waals surface area contributed by atoms with E-state index in [4.69, 9.17) is 4.74 Å². The molecular weight excluding hydrogens is 348 g/mol. The van der Waals surface area contributed by atoms with Crippen LogP contribution in [0.15, 0.2) is 35.5 Å². The Kier molecular flexibility index (Phi) is 7.36. The Morgan fingerprint density at radius 1 is 1.26 bits per heavy atom. The zero-order valence-corrected chi connectivity index (χ0v) is 15.9. The average Bonchev–Trinajstić information content (AvgIpc) is 2.62. The SMILES string of the molecule is CCOC(=O)C1=C(CN(C)CC(=O)Nc2ccccc2CC)NC(=O)NC1. The maximum atomic E-state index is 12.4. The molecule has 3 N–H and O–H groups in total. The van der Waals surface area contributed by atoms with Crippen molar-refractivity contribution in [1.29, 1.82) is 0 Å². The van der Waals surface area contributed by atoms with Gasteiger partial charge < -0.3 is 20.7 Å². The molecule has 1 aliphatic rings. The summed E-state index contributed by atoms with van der Waals surface area (Å²) in [7, 11) is 1.75. The van der Waals surface area contributed by atoms with Crippen molar-refractivity contribution in [2.45, 2.75) is 20.3 Å². The van der Waals surface area contributed by atoms with Crippen LogP contribution in [0.3, 0.4) is 0 Å². The van der Waals surface area contributed by atoms with Gasteiger partial charge in [-0.2, -0.15) is 0 Å². The fraction of sp³-hybridized carbons (Fsp3) is 0.421. The summed E-state index contributed by atoms with van der Waals surface area (Å²) in [6.45, 7) is 4.45. The molecule has 0 aliphatic carbocycles. The van der Waals surface area contributed by atoms with Gasteiger partial charge in [0.2, 0.25) is 5.91 Å². The van der Waals surface area contributed by atoms with Gasteiger partial charge in [-0.05, 0) is 32.0 Å². The van der Waals surface area contributed by atoms with Crippen LogP contribution in [0.1, 0.15) is 19.4 Å². The molecule has 0 bridgehead atoms. The summed E-state index contributed by atoms with van der Waals surface area (Å²) in [5.41, 5.74) is 2.66. The van der Waals surface area contributed by atoms with Crippen molar-refractivity contribution in [2.75, 3.05) is 38.6 Å². The number of carbonyl (C=O) groups excluding carboxylic acids is 3. The molecule has 0 fully saturated rings. The normalized spacial score (nSPS) is 13.9. The molecule has 0 atom stereocenters. The standard InChI is InChI=1S/C19H26N4O4/c1-4-13-8-6-7-9-15(13)21-17(24)12-23(3)11-16-14(18(25)27-5-2)10-20-19(26)22-16/h6-9H,4-5,10-12H2,1-3H3,(H,21,24)(H2,20,22,26). The number of urea groups is 1. The van der Waals surface area contributed by atoms with Crippen molar-refractivity contribution in [3.63, 3.8) is 0 Å². The molecule has 0 unspecified atom stereocenters. The van der Waals surface area contributed by atoms with Gasteiger partial charge in [-0.3, -0.25) is 9.69 Å². The minimum absolute atomic E-state index is 0.101. The number of hydrogen-bond donors (Lipinski definition) is 3. The molecule has 1 aromatic carbocycles. The van der Waals surface area contributed by atoms with E-state index in [2.05, 4.69) is 16.0 Å². The minimum Gasteiger partial charge on any atom is -0.463 e. The molecule has 1 heterocycles. The molecule has 1 aromatic rings. The minimum atomic E-state index is -0.477. The van der Waals surface area contributed by atoms with Crippen molar-refractivity contribution in [3.8, 4) is 0 Å². The van der Waals surface area contributed by atoms with Crippen LogP contribution in [0.2, 0.25) is 0 Å². The largest absolute Gasteiger partial charge is 0.463 e. The molecule has 8 nitrogen and oxygen atoms in total. The van der Waals surface area contributed by atoms with E-state index in [1.807, 2.05) is 31.2 Å². The molecule has 0 saturated heterocycles. The summed E-state index contributed by atoms with van der Waals surface area (Å²) in [5, 5.41) is 8.09. The summed E-state index contributed by atoms with van der Waals surface area (Å²) >= 11 is 0. The maximum absolute atomic E-state index is 12.4. The average molecular weight is 374 g/mol. The van der Waals surface area contributed by atoms with E-state index in [1.165, 1.54) is 0 Å². The third kappa shape index (κ3) is 5.82. The Morgan fingerprint density at radius 3 is 2.70 bits per heavy atom. The molecule has 8 heteroatoms. The van der Waals surface area contributed by atoms with E-state index in [0.29, 0.717) is 11.3 Å². The van der Waals surface area contributed by atoms with E-state index < -0.39 is 5.97 Å². The highest BCUT2D eigenvalue weighted by Gasteiger charge is 2.24. The number of anilines is 1. The second-order valence-corrected chi connectivity index (χ2v) is 6.22. The van der Waals surface area contributed by atoms with Crippen LogP contribution in [0.5, 0.6) is 0 Å². The van der Waals surface area contributed by atoms with Gasteiger partial charge in [-0.1, -0.05) is 25.1 Å². The summed E-state index contributed by atoms with van der Waals surface area (Å²) in [6.07, 6.45) is 0.821. The van der Waals surface area contributed by atoms with E-state index in [1.54, 1.807) is 18.9 Å². The number of amides is 3. The van der Waals surface area contributed by atoms with Gasteiger partial charge in [0.1, 0.15) is 0 Å². The first-order valence-electron chi connectivity index (χ1n) is 8.94. The third-order valence-electron chi connectivity index (χ3n) is 4.09. The molecule has 0 saturated carbocycles. The molecule has 1 aliphatic heterocycles. The quantitative estimate of drug-likeness (QED) is 0.595. The van der Waals surface area contributed by atoms with Crippen LogP contribution >= 0.6 is 0 Å². The Hall–Kier alpha value is -2.87. The predicted octanol–water partition coefficient (Wildman–Crippen LogP) is 1.25. The number of nitrogens with one attached hydrogen (secondary N) is 3. The van der Waals surface area contributed by atoms with Gasteiger partial charge in [-0.15, -0.1) is 0 Å². The lowest BCUT2D eigenvalue weighted by atomic mass is 10.1. The summed E-state index contributed by atoms with van der Waals surface area (Å²) < 4.78 is 5.03. The first-order chi connectivity index (χ1) is 12.9. The smallest absolute Gasteiger partial charge is 0.337 e. The summed E-state index contributed by atoms with van der Waals surface area (Å²) in [6, 6.07) is 7.27. The Bertz CT molecular complexity index is 745. The van der Waals surface area contributed by atoms with Gasteiger partial charge in [0.25, 0.3) is 0 Å². The van der Waals surface area contributed by atoms with Crippen LogP contribution in [0.25, 0.3) is 0 Å². The first kappa shape index (κ1) is 20.4. The summed E-state index contributed by atoms with van der Waals surface area (Å²) in [5.74, 6) is -0.647. The molecule has 146 valence electrons. The van der Waals surface area contributed by atoms with Gasteiger partial charge in [-0.25, -0.2) is 9.59 Å². The zero-order chi connectivity index (χ0) is 19.8. The van der Waals surface area contributed by atoms with Crippen LogP contribution in [-0.2, 0) is 20.7 Å². The predicted molar refractivity (Wildman–Crippen MR) is 102 cm³/mol. The van der Waals surface area contributed by atoms with Crippen molar-refractivity contribution in [1.82, 2.24) is 15.5 Å². The molecule has 3 amide bonds. The fourth-order valence-corrected chi connectivity index (χ4v) is 2.79. The maximum Gasteiger partial charge on any atom is 0.337 e. The highest BCUT2D eigenvalue weighted by Crippen LogP contribution is 2.15. The number of carbonyl (C=O) groups is 3. The van der Waals surface area contributed by atoms with Crippen LogP contribution in [0.4, 0.5) is 10.5 Å². The van der Waals surface area contributed by atoms with E-state index in [0.717, 1.165) is 17.7 Å². The molecular formula is C19H26N4O4. The van der Waals surface area contributed by atoms with Crippen molar-refractivity contribution >= 4 is 23.6 Å². The second kappa shape index (κ2) is 9.72. The topological polar surface area (TPSA) is 99.8 Å². The van der Waals surface area contributed by atoms with Crippen LogP contribution in [-0.4, -0.2) is 56.1 Å². The third-order valence-corrected chi connectivity index (χ3v) is 4.09. The van der Waals surface area contributed by atoms with E-state index in [9.17, 15) is 14.4 Å². The van der Waals surface area contributed by atoms with Gasteiger partial charge in [0, 0.05) is 17.9 Å². The highest BCUT2D eigenvalue weighted by molar-refractivity contribution is 5.94. The molecule has 0 spiro atoms. The van der Waals surface area contributed by atoms with Gasteiger partial charge in [0.15, 0.2) is 0 Å². The number of rotatable bonds is 8. The molecule has 27 heavy (non-hydrogen) atoms. The van der Waals surface area contributed by atoms with Crippen LogP contribution < -0.4 is 16.0 Å². The number of likely N-dealkylation sites (N-methyl/N-ethyl adjacent to an activating group) is 1. The van der Waals surface area contributed by atoms with Crippen molar-refractivity contribution in [2.24, 2.45) is 0 Å². The molecule has 0 aromatic heterocycles. The summed E-state index contributed by atoms with van der Waals surface area (Å²) in [4.78, 5) is 37.8. The number of nitrogens with zero attached hydrogens (tertiary/aromatic N) is 1. The van der Waals surface area contributed by atoms with Crippen LogP contribution in [0, 0.1) is 0 Å². The highest BCUT2D eigenvalue weighted by atomic mass is 16.5. The second-order valence-electron chi connectivity index (χ2n) is 6.22. The number of benzene rings is 1. The van der Waals surface area contributed by atoms with Gasteiger partial charge in [0.05, 0.1) is 25.3 Å². The molecule has 0 radical (unpaired) electrons. The lowest BCUT2D eigenvalue weighted by molar-refractivity contribution is -0.138. The first-order valence-corrected chi connectivity index (χ1v) is 8.94. The monoisotopic (exact) mass is 374 g/mol. The Labute approximate surface area is 158 Å². The fourth-order valence-electron chi connectivity index (χ4n) is 2.79. The van der Waals surface area contributed by atoms with E-state index >= 15 is 0 Å². The Morgan fingerprint density at radius 2 is 2.00 bits per heavy atom. The number of ether oxygens (including phenoxy) is 1. The van der Waals surface area contributed by atoms with Crippen molar-refractivity contribution < 1.29 is 19.1 Å². The lowest BCUT2D eigenvalue weighted by Gasteiger charge is -2.25. The zero-order valence-electron chi connectivity index (χ0n) is 15.9. The number of aryl methyl sites for hydroxylation is 1. The lowest BCUT2D eigenvalue weighted by Crippen LogP contribution is -2.47.